The average Bonchev–Trinajstić information content (AvgIpc) is 2.35. The highest BCUT2D eigenvalue weighted by atomic mass is 79.9. The van der Waals surface area contributed by atoms with Crippen LogP contribution < -0.4 is 11.3 Å². The van der Waals surface area contributed by atoms with E-state index in [9.17, 15) is 8.42 Å². The fourth-order valence-corrected chi connectivity index (χ4v) is 4.07. The normalized spacial score (nSPS) is 12.2. The molecule has 8 heteroatoms. The summed E-state index contributed by atoms with van der Waals surface area (Å²) in [6.07, 6.45) is 2.23. The first-order valence-electron chi connectivity index (χ1n) is 5.98. The van der Waals surface area contributed by atoms with E-state index in [1.807, 2.05) is 20.8 Å². The summed E-state index contributed by atoms with van der Waals surface area (Å²) in [5.41, 5.74) is 2.33. The Hall–Kier alpha value is -0.700. The molecular weight excluding hydrogens is 332 g/mol. The molecule has 108 valence electrons. The Balaban J connectivity index is 3.36. The van der Waals surface area contributed by atoms with Gasteiger partial charge in [0.25, 0.3) is 0 Å². The van der Waals surface area contributed by atoms with Crippen LogP contribution in [0.15, 0.2) is 21.6 Å². The number of hydrogen-bond acceptors (Lipinski definition) is 5. The number of nitrogens with zero attached hydrogens (tertiary/aromatic N) is 2. The van der Waals surface area contributed by atoms with Gasteiger partial charge in [0.2, 0.25) is 10.0 Å². The van der Waals surface area contributed by atoms with Crippen molar-refractivity contribution in [3.05, 3.63) is 16.7 Å². The van der Waals surface area contributed by atoms with Crippen molar-refractivity contribution in [2.75, 3.05) is 12.0 Å². The Bertz CT molecular complexity index is 533. The first-order valence-corrected chi connectivity index (χ1v) is 8.21. The van der Waals surface area contributed by atoms with E-state index >= 15 is 0 Å². The van der Waals surface area contributed by atoms with E-state index in [-0.39, 0.29) is 16.8 Å². The molecule has 3 N–H and O–H groups in total. The average molecular weight is 351 g/mol. The molecule has 1 aromatic heterocycles. The van der Waals surface area contributed by atoms with Crippen LogP contribution >= 0.6 is 15.9 Å². The van der Waals surface area contributed by atoms with Crippen LogP contribution in [0.4, 0.5) is 5.82 Å². The van der Waals surface area contributed by atoms with Crippen LogP contribution in [0, 0.1) is 0 Å². The lowest BCUT2D eigenvalue weighted by molar-refractivity contribution is 0.354. The van der Waals surface area contributed by atoms with Crippen molar-refractivity contribution < 1.29 is 8.42 Å². The number of aromatic nitrogens is 1. The number of anilines is 1. The van der Waals surface area contributed by atoms with Gasteiger partial charge in [-0.2, -0.15) is 4.31 Å². The Labute approximate surface area is 122 Å². The number of nitrogens with one attached hydrogen (secondary N) is 1. The zero-order valence-electron chi connectivity index (χ0n) is 11.2. The molecule has 0 saturated heterocycles. The van der Waals surface area contributed by atoms with Crippen molar-refractivity contribution >= 4 is 31.8 Å². The van der Waals surface area contributed by atoms with Gasteiger partial charge in [0.15, 0.2) is 5.82 Å². The molecule has 0 fully saturated rings. The van der Waals surface area contributed by atoms with Gasteiger partial charge in [0.05, 0.1) is 0 Å². The van der Waals surface area contributed by atoms with E-state index in [1.54, 1.807) is 0 Å². The smallest absolute Gasteiger partial charge is 0.247 e. The fraction of sp³-hybridized carbons (Fsp3) is 0.545. The maximum atomic E-state index is 12.7. The van der Waals surface area contributed by atoms with E-state index in [2.05, 4.69) is 26.3 Å². The van der Waals surface area contributed by atoms with Crippen LogP contribution in [0.1, 0.15) is 27.2 Å². The lowest BCUT2D eigenvalue weighted by atomic mass is 10.4. The highest BCUT2D eigenvalue weighted by molar-refractivity contribution is 9.10. The second kappa shape index (κ2) is 6.65. The molecule has 0 spiro atoms. The largest absolute Gasteiger partial charge is 0.307 e. The first kappa shape index (κ1) is 16.4. The molecule has 6 nitrogen and oxygen atoms in total. The number of sulfonamides is 1. The topological polar surface area (TPSA) is 88.3 Å². The number of rotatable bonds is 6. The van der Waals surface area contributed by atoms with Crippen LogP contribution in [-0.2, 0) is 10.0 Å². The maximum Gasteiger partial charge on any atom is 0.247 e. The summed E-state index contributed by atoms with van der Waals surface area (Å²) in [6, 6.07) is 1.37. The molecule has 0 radical (unpaired) electrons. The number of hydrogen-bond donors (Lipinski definition) is 2. The molecular formula is C11H19BrN4O2S. The van der Waals surface area contributed by atoms with Crippen LogP contribution in [0.3, 0.4) is 0 Å². The van der Waals surface area contributed by atoms with Crippen molar-refractivity contribution in [3.8, 4) is 0 Å². The zero-order chi connectivity index (χ0) is 14.6. The standard InChI is InChI=1S/C11H19BrN4O2S/c1-4-5-16(8(2)3)19(17,18)10-6-9(12)7-14-11(10)15-13/h6-8H,4-5,13H2,1-3H3,(H,14,15). The molecule has 0 unspecified atom stereocenters. The van der Waals surface area contributed by atoms with Gasteiger partial charge >= 0.3 is 0 Å². The van der Waals surface area contributed by atoms with Gasteiger partial charge < -0.3 is 5.43 Å². The number of pyridine rings is 1. The second-order valence-electron chi connectivity index (χ2n) is 4.35. The SMILES string of the molecule is CCCN(C(C)C)S(=O)(=O)c1cc(Br)cnc1NN. The van der Waals surface area contributed by atoms with Crippen LogP contribution in [0.25, 0.3) is 0 Å². The molecule has 0 aliphatic rings. The summed E-state index contributed by atoms with van der Waals surface area (Å²) in [6.45, 7) is 6.07. The van der Waals surface area contributed by atoms with Gasteiger partial charge in [0.1, 0.15) is 4.90 Å². The van der Waals surface area contributed by atoms with E-state index in [4.69, 9.17) is 5.84 Å². The maximum absolute atomic E-state index is 12.7. The summed E-state index contributed by atoms with van der Waals surface area (Å²) >= 11 is 3.23. The minimum absolute atomic E-state index is 0.0755. The van der Waals surface area contributed by atoms with Crippen LogP contribution in [0.5, 0.6) is 0 Å². The van der Waals surface area contributed by atoms with Gasteiger partial charge in [-0.05, 0) is 42.3 Å². The van der Waals surface area contributed by atoms with E-state index in [0.717, 1.165) is 6.42 Å². The molecule has 0 atom stereocenters. The van der Waals surface area contributed by atoms with E-state index in [0.29, 0.717) is 11.0 Å². The summed E-state index contributed by atoms with van der Waals surface area (Å²) in [4.78, 5) is 4.05. The highest BCUT2D eigenvalue weighted by Crippen LogP contribution is 2.26. The lowest BCUT2D eigenvalue weighted by Crippen LogP contribution is -2.38. The Morgan fingerprint density at radius 2 is 2.16 bits per heavy atom. The van der Waals surface area contributed by atoms with Crippen molar-refractivity contribution in [2.24, 2.45) is 5.84 Å². The first-order chi connectivity index (χ1) is 8.84. The van der Waals surface area contributed by atoms with Gasteiger partial charge in [-0.1, -0.05) is 6.92 Å². The molecule has 1 aromatic rings. The molecule has 0 amide bonds. The molecule has 1 rings (SSSR count). The third kappa shape index (κ3) is 3.65. The Kier molecular flexibility index (Phi) is 5.72. The molecule has 0 aromatic carbocycles. The molecule has 19 heavy (non-hydrogen) atoms. The number of hydrazine groups is 1. The van der Waals surface area contributed by atoms with Gasteiger partial charge in [-0.25, -0.2) is 19.2 Å². The fourth-order valence-electron chi connectivity index (χ4n) is 1.73. The number of nitrogen functional groups attached to an aromatic ring is 1. The summed E-state index contributed by atoms with van der Waals surface area (Å²) in [7, 11) is -3.63. The predicted molar refractivity (Wildman–Crippen MR) is 79.1 cm³/mol. The summed E-state index contributed by atoms with van der Waals surface area (Å²) < 4.78 is 27.4. The minimum atomic E-state index is -3.63. The zero-order valence-corrected chi connectivity index (χ0v) is 13.6. The van der Waals surface area contributed by atoms with E-state index in [1.165, 1.54) is 16.6 Å². The predicted octanol–water partition coefficient (Wildman–Crippen LogP) is 1.94. The molecule has 0 aliphatic carbocycles. The van der Waals surface area contributed by atoms with Gasteiger partial charge in [0, 0.05) is 23.3 Å². The third-order valence-electron chi connectivity index (χ3n) is 2.56. The monoisotopic (exact) mass is 350 g/mol. The molecule has 0 saturated carbocycles. The summed E-state index contributed by atoms with van der Waals surface area (Å²) in [5, 5.41) is 0. The van der Waals surface area contributed by atoms with Crippen molar-refractivity contribution in [2.45, 2.75) is 38.1 Å². The lowest BCUT2D eigenvalue weighted by Gasteiger charge is -2.26. The van der Waals surface area contributed by atoms with Crippen LogP contribution in [0.2, 0.25) is 0 Å². The number of nitrogens with two attached hydrogens (primary N) is 1. The van der Waals surface area contributed by atoms with Gasteiger partial charge in [-0.3, -0.25) is 0 Å². The third-order valence-corrected chi connectivity index (χ3v) is 5.09. The Morgan fingerprint density at radius 1 is 1.53 bits per heavy atom. The molecule has 0 bridgehead atoms. The molecule has 1 heterocycles. The minimum Gasteiger partial charge on any atom is -0.307 e. The quantitative estimate of drug-likeness (QED) is 0.604. The Morgan fingerprint density at radius 3 is 2.63 bits per heavy atom. The second-order valence-corrected chi connectivity index (χ2v) is 7.13. The van der Waals surface area contributed by atoms with Gasteiger partial charge in [-0.15, -0.1) is 0 Å². The van der Waals surface area contributed by atoms with Crippen molar-refractivity contribution in [1.82, 2.24) is 9.29 Å². The summed E-state index contributed by atoms with van der Waals surface area (Å²) in [5.74, 6) is 5.48. The van der Waals surface area contributed by atoms with Crippen molar-refractivity contribution in [1.29, 1.82) is 0 Å². The van der Waals surface area contributed by atoms with E-state index < -0.39 is 10.0 Å². The number of halogens is 1. The molecule has 0 aliphatic heterocycles. The highest BCUT2D eigenvalue weighted by Gasteiger charge is 2.29. The van der Waals surface area contributed by atoms with Crippen molar-refractivity contribution in [3.63, 3.8) is 0 Å². The van der Waals surface area contributed by atoms with Crippen LogP contribution in [-0.4, -0.2) is 30.3 Å².